The second-order valence-corrected chi connectivity index (χ2v) is 3.62. The maximum atomic E-state index is 10.5. The summed E-state index contributed by atoms with van der Waals surface area (Å²) in [5, 5.41) is 0. The Morgan fingerprint density at radius 2 is 1.28 bits per heavy atom. The molecular weight excluding hydrogens is 240 g/mol. The maximum absolute atomic E-state index is 10.5. The molecule has 0 aromatic heterocycles. The van der Waals surface area contributed by atoms with Crippen LogP contribution in [0.3, 0.4) is 0 Å². The Morgan fingerprint density at radius 1 is 0.889 bits per heavy atom. The summed E-state index contributed by atoms with van der Waals surface area (Å²) in [4.78, 5) is 33.9. The Kier molecular flexibility index (Phi) is 10.9. The Balaban J connectivity index is 0. The maximum Gasteiger partial charge on any atom is 0.304 e. The minimum atomic E-state index is -0.381. The quantitative estimate of drug-likeness (QED) is 0.528. The van der Waals surface area contributed by atoms with Crippen molar-refractivity contribution in [1.29, 1.82) is 0 Å². The zero-order valence-corrected chi connectivity index (χ0v) is 11.8. The van der Waals surface area contributed by atoms with Crippen LogP contribution in [0.1, 0.15) is 20.8 Å². The predicted octanol–water partition coefficient (Wildman–Crippen LogP) is 0.0539. The van der Waals surface area contributed by atoms with E-state index in [9.17, 15) is 14.4 Å². The molecule has 0 radical (unpaired) electrons. The Hall–Kier alpha value is -1.63. The molecular formula is C11H22N2O5. The van der Waals surface area contributed by atoms with Gasteiger partial charge in [-0.3, -0.25) is 14.4 Å². The van der Waals surface area contributed by atoms with Crippen molar-refractivity contribution in [2.24, 2.45) is 0 Å². The van der Waals surface area contributed by atoms with Crippen LogP contribution in [-0.2, 0) is 23.9 Å². The zero-order valence-electron chi connectivity index (χ0n) is 11.8. The second kappa shape index (κ2) is 10.5. The molecule has 0 aliphatic heterocycles. The normalized spacial score (nSPS) is 8.78. The number of amides is 2. The van der Waals surface area contributed by atoms with Crippen LogP contribution >= 0.6 is 0 Å². The highest BCUT2D eigenvalue weighted by Crippen LogP contribution is 1.84. The first-order valence-corrected chi connectivity index (χ1v) is 5.28. The molecule has 106 valence electrons. The van der Waals surface area contributed by atoms with Gasteiger partial charge >= 0.3 is 5.97 Å². The smallest absolute Gasteiger partial charge is 0.304 e. The molecule has 0 aliphatic carbocycles. The molecule has 0 spiro atoms. The monoisotopic (exact) mass is 262 g/mol. The van der Waals surface area contributed by atoms with Gasteiger partial charge in [0.25, 0.3) is 0 Å². The van der Waals surface area contributed by atoms with Crippen LogP contribution < -0.4 is 0 Å². The van der Waals surface area contributed by atoms with Crippen LogP contribution in [0.15, 0.2) is 0 Å². The Morgan fingerprint density at radius 3 is 1.50 bits per heavy atom. The van der Waals surface area contributed by atoms with Crippen LogP contribution in [0.25, 0.3) is 0 Å². The van der Waals surface area contributed by atoms with Gasteiger partial charge in [-0.25, -0.2) is 0 Å². The number of esters is 1. The molecule has 7 nitrogen and oxygen atoms in total. The largest absolute Gasteiger partial charge is 0.444 e. The number of ether oxygens (including phenoxy) is 2. The molecule has 7 heteroatoms. The molecule has 18 heavy (non-hydrogen) atoms. The van der Waals surface area contributed by atoms with Crippen molar-refractivity contribution >= 4 is 17.8 Å². The number of carbonyl (C=O) groups excluding carboxylic acids is 3. The highest BCUT2D eigenvalue weighted by molar-refractivity contribution is 5.73. The molecule has 0 aliphatic rings. The van der Waals surface area contributed by atoms with Crippen molar-refractivity contribution in [3.05, 3.63) is 0 Å². The van der Waals surface area contributed by atoms with Gasteiger partial charge in [0.2, 0.25) is 11.8 Å². The lowest BCUT2D eigenvalue weighted by molar-refractivity contribution is -0.149. The molecule has 0 unspecified atom stereocenters. The first-order valence-electron chi connectivity index (χ1n) is 5.28. The van der Waals surface area contributed by atoms with Gasteiger partial charge in [-0.2, -0.15) is 0 Å². The Labute approximate surface area is 108 Å². The lowest BCUT2D eigenvalue weighted by Crippen LogP contribution is -2.27. The zero-order chi connectivity index (χ0) is 14.7. The first kappa shape index (κ1) is 18.7. The fourth-order valence-corrected chi connectivity index (χ4v) is 0.563. The third kappa shape index (κ3) is 12.4. The molecule has 0 aromatic carbocycles. The van der Waals surface area contributed by atoms with Crippen LogP contribution in [0.2, 0.25) is 0 Å². The lowest BCUT2D eigenvalue weighted by Gasteiger charge is -2.13. The highest BCUT2D eigenvalue weighted by atomic mass is 16.5. The number of rotatable bonds is 4. The number of hydrogen-bond donors (Lipinski definition) is 0. The van der Waals surface area contributed by atoms with Crippen molar-refractivity contribution in [2.45, 2.75) is 20.8 Å². The number of methoxy groups -OCH3 is 1. The summed E-state index contributed by atoms with van der Waals surface area (Å²) in [5.41, 5.74) is 0. The van der Waals surface area contributed by atoms with E-state index in [2.05, 4.69) is 9.47 Å². The molecule has 0 N–H and O–H groups in total. The van der Waals surface area contributed by atoms with E-state index in [1.807, 2.05) is 0 Å². The molecule has 0 saturated carbocycles. The SMILES string of the molecule is CC(=O)OCN(C)C(C)=O.COCN(C)C(C)=O. The van der Waals surface area contributed by atoms with E-state index in [1.165, 1.54) is 30.6 Å². The van der Waals surface area contributed by atoms with Gasteiger partial charge in [0.15, 0.2) is 6.73 Å². The van der Waals surface area contributed by atoms with Gasteiger partial charge in [0.05, 0.1) is 0 Å². The summed E-state index contributed by atoms with van der Waals surface area (Å²) in [6.45, 7) is 4.61. The third-order valence-corrected chi connectivity index (χ3v) is 1.86. The average Bonchev–Trinajstić information content (AvgIpc) is 2.26. The van der Waals surface area contributed by atoms with Crippen LogP contribution in [-0.4, -0.2) is 62.3 Å². The molecule has 2 amide bonds. The van der Waals surface area contributed by atoms with Gasteiger partial charge in [-0.05, 0) is 0 Å². The number of carbonyl (C=O) groups is 3. The van der Waals surface area contributed by atoms with Crippen molar-refractivity contribution in [2.75, 3.05) is 34.7 Å². The number of hydrogen-bond acceptors (Lipinski definition) is 5. The molecule has 0 aromatic rings. The minimum absolute atomic E-state index is 0.0202. The number of nitrogens with zero attached hydrogens (tertiary/aromatic N) is 2. The summed E-state index contributed by atoms with van der Waals surface area (Å²) >= 11 is 0. The van der Waals surface area contributed by atoms with Crippen LogP contribution in [0, 0.1) is 0 Å². The van der Waals surface area contributed by atoms with Crippen molar-refractivity contribution < 1.29 is 23.9 Å². The molecule has 0 atom stereocenters. The fraction of sp³-hybridized carbons (Fsp3) is 0.727. The first-order chi connectivity index (χ1) is 8.22. The molecule has 0 heterocycles. The summed E-state index contributed by atoms with van der Waals surface area (Å²) in [6.07, 6.45) is 0. The van der Waals surface area contributed by atoms with Crippen molar-refractivity contribution in [3.63, 3.8) is 0 Å². The van der Waals surface area contributed by atoms with Crippen molar-refractivity contribution in [1.82, 2.24) is 9.80 Å². The van der Waals surface area contributed by atoms with E-state index in [-0.39, 0.29) is 24.5 Å². The topological polar surface area (TPSA) is 76.2 Å². The fourth-order valence-electron chi connectivity index (χ4n) is 0.563. The van der Waals surface area contributed by atoms with Crippen molar-refractivity contribution in [3.8, 4) is 0 Å². The summed E-state index contributed by atoms with van der Waals surface area (Å²) in [7, 11) is 4.80. The lowest BCUT2D eigenvalue weighted by atomic mass is 10.6. The Bertz CT molecular complexity index is 281. The summed E-state index contributed by atoms with van der Waals surface area (Å²) in [5.74, 6) is -0.485. The minimum Gasteiger partial charge on any atom is -0.444 e. The van der Waals surface area contributed by atoms with E-state index in [1.54, 1.807) is 21.2 Å². The molecule has 0 saturated heterocycles. The van der Waals surface area contributed by atoms with Gasteiger partial charge in [-0.1, -0.05) is 0 Å². The standard InChI is InChI=1S/C6H11NO3.C5H11NO2/c1-5(8)7(3)4-10-6(2)9;1-5(7)6(2)4-8-3/h4H2,1-3H3;4H2,1-3H3. The van der Waals surface area contributed by atoms with Crippen LogP contribution in [0.4, 0.5) is 0 Å². The van der Waals surface area contributed by atoms with E-state index >= 15 is 0 Å². The van der Waals surface area contributed by atoms with Gasteiger partial charge in [-0.15, -0.1) is 0 Å². The molecule has 0 rings (SSSR count). The van der Waals surface area contributed by atoms with E-state index in [0.29, 0.717) is 6.73 Å². The van der Waals surface area contributed by atoms with E-state index in [0.717, 1.165) is 0 Å². The second-order valence-electron chi connectivity index (χ2n) is 3.62. The summed E-state index contributed by atoms with van der Waals surface area (Å²) < 4.78 is 9.20. The molecule has 0 bridgehead atoms. The third-order valence-electron chi connectivity index (χ3n) is 1.86. The highest BCUT2D eigenvalue weighted by Gasteiger charge is 2.01. The molecule has 0 fully saturated rings. The summed E-state index contributed by atoms with van der Waals surface area (Å²) in [6, 6.07) is 0. The van der Waals surface area contributed by atoms with Gasteiger partial charge < -0.3 is 19.3 Å². The van der Waals surface area contributed by atoms with E-state index in [4.69, 9.17) is 0 Å². The van der Waals surface area contributed by atoms with Gasteiger partial charge in [0, 0.05) is 42.0 Å². The predicted molar refractivity (Wildman–Crippen MR) is 65.4 cm³/mol. The average molecular weight is 262 g/mol. The van der Waals surface area contributed by atoms with Crippen LogP contribution in [0.5, 0.6) is 0 Å². The van der Waals surface area contributed by atoms with Gasteiger partial charge in [0.1, 0.15) is 6.73 Å². The van der Waals surface area contributed by atoms with E-state index < -0.39 is 0 Å².